The van der Waals surface area contributed by atoms with E-state index < -0.39 is 0 Å². The molecule has 0 amide bonds. The maximum absolute atomic E-state index is 11.5. The molecule has 3 heteroatoms. The van der Waals surface area contributed by atoms with Crippen molar-refractivity contribution >= 4 is 16.8 Å². The van der Waals surface area contributed by atoms with Gasteiger partial charge in [-0.25, -0.2) is 4.98 Å². The Bertz CT molecular complexity index is 772. The van der Waals surface area contributed by atoms with Crippen LogP contribution in [0.1, 0.15) is 28.7 Å². The molecule has 0 atom stereocenters. The average molecular weight is 264 g/mol. The maximum atomic E-state index is 11.5. The number of ketones is 1. The molecule has 0 aliphatic heterocycles. The Kier molecular flexibility index (Phi) is 3.11. The van der Waals surface area contributed by atoms with Crippen LogP contribution < -0.4 is 0 Å². The van der Waals surface area contributed by atoms with Crippen LogP contribution in [-0.2, 0) is 13.5 Å². The SMILES string of the molecule is CC(=O)c1ccc2nc(Cc3ccccc3)n(C)c2c1. The number of Topliss-reactive ketones (excluding diaryl/α,β-unsaturated/α-hetero) is 1. The van der Waals surface area contributed by atoms with E-state index >= 15 is 0 Å². The molecule has 2 aromatic carbocycles. The summed E-state index contributed by atoms with van der Waals surface area (Å²) in [4.78, 5) is 16.1. The number of carbonyl (C=O) groups is 1. The molecule has 0 bridgehead atoms. The van der Waals surface area contributed by atoms with Crippen LogP contribution in [0, 0.1) is 0 Å². The minimum absolute atomic E-state index is 0.0812. The van der Waals surface area contributed by atoms with E-state index in [0.717, 1.165) is 28.8 Å². The fourth-order valence-corrected chi connectivity index (χ4v) is 2.40. The van der Waals surface area contributed by atoms with Crippen LogP contribution in [-0.4, -0.2) is 15.3 Å². The van der Waals surface area contributed by atoms with Gasteiger partial charge in [-0.2, -0.15) is 0 Å². The lowest BCUT2D eigenvalue weighted by molar-refractivity contribution is 0.101. The van der Waals surface area contributed by atoms with Gasteiger partial charge in [-0.15, -0.1) is 0 Å². The van der Waals surface area contributed by atoms with E-state index in [0.29, 0.717) is 0 Å². The predicted octanol–water partition coefficient (Wildman–Crippen LogP) is 3.37. The second-order valence-corrected chi connectivity index (χ2v) is 5.01. The second kappa shape index (κ2) is 4.93. The molecule has 1 aromatic heterocycles. The zero-order valence-corrected chi connectivity index (χ0v) is 11.6. The van der Waals surface area contributed by atoms with Crippen LogP contribution >= 0.6 is 0 Å². The molecule has 0 radical (unpaired) electrons. The van der Waals surface area contributed by atoms with Crippen LogP contribution in [0.15, 0.2) is 48.5 Å². The van der Waals surface area contributed by atoms with E-state index in [-0.39, 0.29) is 5.78 Å². The third-order valence-electron chi connectivity index (χ3n) is 3.59. The fraction of sp³-hybridized carbons (Fsp3) is 0.176. The first-order chi connectivity index (χ1) is 9.65. The Morgan fingerprint density at radius 1 is 1.15 bits per heavy atom. The monoisotopic (exact) mass is 264 g/mol. The van der Waals surface area contributed by atoms with Gasteiger partial charge in [-0.3, -0.25) is 4.79 Å². The zero-order chi connectivity index (χ0) is 14.1. The molecule has 0 fully saturated rings. The lowest BCUT2D eigenvalue weighted by Gasteiger charge is -2.03. The van der Waals surface area contributed by atoms with Crippen LogP contribution in [0.3, 0.4) is 0 Å². The zero-order valence-electron chi connectivity index (χ0n) is 11.6. The van der Waals surface area contributed by atoms with E-state index in [1.165, 1.54) is 5.56 Å². The van der Waals surface area contributed by atoms with Crippen molar-refractivity contribution < 1.29 is 4.79 Å². The Hall–Kier alpha value is -2.42. The molecule has 0 aliphatic rings. The summed E-state index contributed by atoms with van der Waals surface area (Å²) in [6, 6.07) is 15.9. The van der Waals surface area contributed by atoms with Gasteiger partial charge in [0.25, 0.3) is 0 Å². The summed E-state index contributed by atoms with van der Waals surface area (Å²) in [5, 5.41) is 0. The Balaban J connectivity index is 2.05. The molecule has 0 unspecified atom stereocenters. The summed E-state index contributed by atoms with van der Waals surface area (Å²) in [5.41, 5.74) is 3.90. The van der Waals surface area contributed by atoms with E-state index in [1.54, 1.807) is 6.92 Å². The molecule has 100 valence electrons. The number of hydrogen-bond donors (Lipinski definition) is 0. The molecule has 0 saturated carbocycles. The number of aromatic nitrogens is 2. The van der Waals surface area contributed by atoms with Gasteiger partial charge in [0.1, 0.15) is 5.82 Å². The van der Waals surface area contributed by atoms with Crippen molar-refractivity contribution in [2.45, 2.75) is 13.3 Å². The molecular weight excluding hydrogens is 248 g/mol. The van der Waals surface area contributed by atoms with Crippen LogP contribution in [0.4, 0.5) is 0 Å². The van der Waals surface area contributed by atoms with Crippen molar-refractivity contribution in [3.63, 3.8) is 0 Å². The minimum atomic E-state index is 0.0812. The van der Waals surface area contributed by atoms with Crippen molar-refractivity contribution in [2.24, 2.45) is 7.05 Å². The normalized spacial score (nSPS) is 10.9. The van der Waals surface area contributed by atoms with Crippen LogP contribution in [0.2, 0.25) is 0 Å². The van der Waals surface area contributed by atoms with E-state index in [1.807, 2.05) is 43.4 Å². The molecular formula is C17H16N2O. The summed E-state index contributed by atoms with van der Waals surface area (Å²) < 4.78 is 2.06. The molecule has 0 aliphatic carbocycles. The molecule has 0 spiro atoms. The first-order valence-electron chi connectivity index (χ1n) is 6.65. The van der Waals surface area contributed by atoms with Gasteiger partial charge in [-0.1, -0.05) is 30.3 Å². The Morgan fingerprint density at radius 3 is 2.60 bits per heavy atom. The predicted molar refractivity (Wildman–Crippen MR) is 80.0 cm³/mol. The summed E-state index contributed by atoms with van der Waals surface area (Å²) in [5.74, 6) is 1.09. The number of hydrogen-bond acceptors (Lipinski definition) is 2. The number of imidazole rings is 1. The van der Waals surface area contributed by atoms with Crippen molar-refractivity contribution in [2.75, 3.05) is 0 Å². The molecule has 0 saturated heterocycles. The fourth-order valence-electron chi connectivity index (χ4n) is 2.40. The quantitative estimate of drug-likeness (QED) is 0.680. The van der Waals surface area contributed by atoms with Crippen molar-refractivity contribution in [3.05, 3.63) is 65.5 Å². The van der Waals surface area contributed by atoms with Gasteiger partial charge in [0.2, 0.25) is 0 Å². The topological polar surface area (TPSA) is 34.9 Å². The molecule has 3 nitrogen and oxygen atoms in total. The lowest BCUT2D eigenvalue weighted by Crippen LogP contribution is -1.99. The number of benzene rings is 2. The highest BCUT2D eigenvalue weighted by atomic mass is 16.1. The number of fused-ring (bicyclic) bond motifs is 1. The van der Waals surface area contributed by atoms with Crippen LogP contribution in [0.25, 0.3) is 11.0 Å². The van der Waals surface area contributed by atoms with E-state index in [2.05, 4.69) is 21.7 Å². The first kappa shape index (κ1) is 12.6. The number of carbonyl (C=O) groups excluding carboxylic acids is 1. The van der Waals surface area contributed by atoms with Gasteiger partial charge >= 0.3 is 0 Å². The van der Waals surface area contributed by atoms with E-state index in [4.69, 9.17) is 0 Å². The smallest absolute Gasteiger partial charge is 0.159 e. The lowest BCUT2D eigenvalue weighted by atomic mass is 10.1. The summed E-state index contributed by atoms with van der Waals surface area (Å²) in [6.07, 6.45) is 0.793. The van der Waals surface area contributed by atoms with Crippen molar-refractivity contribution in [3.8, 4) is 0 Å². The second-order valence-electron chi connectivity index (χ2n) is 5.01. The maximum Gasteiger partial charge on any atom is 0.159 e. The minimum Gasteiger partial charge on any atom is -0.331 e. The third-order valence-corrected chi connectivity index (χ3v) is 3.59. The molecule has 3 aromatic rings. The van der Waals surface area contributed by atoms with Crippen molar-refractivity contribution in [1.29, 1.82) is 0 Å². The number of nitrogens with zero attached hydrogens (tertiary/aromatic N) is 2. The highest BCUT2D eigenvalue weighted by molar-refractivity contribution is 5.97. The average Bonchev–Trinajstić information content (AvgIpc) is 2.76. The Morgan fingerprint density at radius 2 is 1.90 bits per heavy atom. The van der Waals surface area contributed by atoms with E-state index in [9.17, 15) is 4.79 Å². The number of aryl methyl sites for hydroxylation is 1. The van der Waals surface area contributed by atoms with Gasteiger partial charge in [-0.05, 0) is 30.7 Å². The highest BCUT2D eigenvalue weighted by Gasteiger charge is 2.10. The van der Waals surface area contributed by atoms with Gasteiger partial charge < -0.3 is 4.57 Å². The molecule has 20 heavy (non-hydrogen) atoms. The standard InChI is InChI=1S/C17H16N2O/c1-12(20)14-8-9-15-16(11-14)19(2)17(18-15)10-13-6-4-3-5-7-13/h3-9,11H,10H2,1-2H3. The van der Waals surface area contributed by atoms with Crippen LogP contribution in [0.5, 0.6) is 0 Å². The summed E-state index contributed by atoms with van der Waals surface area (Å²) >= 11 is 0. The molecule has 1 heterocycles. The largest absolute Gasteiger partial charge is 0.331 e. The molecule has 0 N–H and O–H groups in total. The van der Waals surface area contributed by atoms with Gasteiger partial charge in [0, 0.05) is 19.0 Å². The third kappa shape index (κ3) is 2.23. The number of rotatable bonds is 3. The first-order valence-corrected chi connectivity index (χ1v) is 6.65. The highest BCUT2D eigenvalue weighted by Crippen LogP contribution is 2.19. The summed E-state index contributed by atoms with van der Waals surface area (Å²) in [6.45, 7) is 1.59. The van der Waals surface area contributed by atoms with Crippen molar-refractivity contribution in [1.82, 2.24) is 9.55 Å². The van der Waals surface area contributed by atoms with Gasteiger partial charge in [0.15, 0.2) is 5.78 Å². The molecule has 3 rings (SSSR count). The summed E-state index contributed by atoms with van der Waals surface area (Å²) in [7, 11) is 2.00. The van der Waals surface area contributed by atoms with Gasteiger partial charge in [0.05, 0.1) is 11.0 Å². The Labute approximate surface area is 117 Å².